The third-order valence-electron chi connectivity index (χ3n) is 4.75. The minimum absolute atomic E-state index is 0.163. The summed E-state index contributed by atoms with van der Waals surface area (Å²) in [6.45, 7) is 12.3. The third kappa shape index (κ3) is 5.34. The van der Waals surface area contributed by atoms with Gasteiger partial charge in [0.05, 0.1) is 12.3 Å². The van der Waals surface area contributed by atoms with E-state index in [0.717, 1.165) is 37.9 Å². The van der Waals surface area contributed by atoms with Gasteiger partial charge < -0.3 is 19.6 Å². The number of nitrogens with zero attached hydrogens (tertiary/aromatic N) is 4. The van der Waals surface area contributed by atoms with E-state index in [1.54, 1.807) is 6.26 Å². The zero-order chi connectivity index (χ0) is 20.0. The first-order chi connectivity index (χ1) is 13.5. The van der Waals surface area contributed by atoms with Gasteiger partial charge in [0.15, 0.2) is 11.8 Å². The van der Waals surface area contributed by atoms with Crippen molar-refractivity contribution in [2.45, 2.75) is 58.5 Å². The number of furan rings is 1. The number of aliphatic imine (C=N–C) groups is 1. The van der Waals surface area contributed by atoms with Gasteiger partial charge in [-0.1, -0.05) is 25.9 Å². The van der Waals surface area contributed by atoms with Gasteiger partial charge in [-0.3, -0.25) is 4.90 Å². The second kappa shape index (κ2) is 9.23. The van der Waals surface area contributed by atoms with Crippen molar-refractivity contribution in [2.24, 2.45) is 4.99 Å². The Kier molecular flexibility index (Phi) is 6.72. The molecular formula is C20H32N6O2. The summed E-state index contributed by atoms with van der Waals surface area (Å²) < 4.78 is 11.0. The summed E-state index contributed by atoms with van der Waals surface area (Å²) in [7, 11) is 0. The van der Waals surface area contributed by atoms with Gasteiger partial charge in [0.1, 0.15) is 12.3 Å². The van der Waals surface area contributed by atoms with Crippen molar-refractivity contribution in [2.75, 3.05) is 26.2 Å². The molecule has 0 radical (unpaired) electrons. The minimum Gasteiger partial charge on any atom is -0.468 e. The van der Waals surface area contributed by atoms with E-state index in [1.165, 1.54) is 12.8 Å². The molecular weight excluding hydrogens is 356 g/mol. The largest absolute Gasteiger partial charge is 0.468 e. The zero-order valence-electron chi connectivity index (χ0n) is 17.4. The molecule has 1 aliphatic heterocycles. The molecule has 0 amide bonds. The Morgan fingerprint density at radius 2 is 2.07 bits per heavy atom. The molecule has 3 heterocycles. The molecule has 0 aromatic carbocycles. The Balaban J connectivity index is 1.64. The summed E-state index contributed by atoms with van der Waals surface area (Å²) in [5, 5.41) is 10.8. The fourth-order valence-corrected chi connectivity index (χ4v) is 3.25. The summed E-state index contributed by atoms with van der Waals surface area (Å²) in [5.74, 6) is 2.94. The Morgan fingerprint density at radius 3 is 2.68 bits per heavy atom. The van der Waals surface area contributed by atoms with Gasteiger partial charge >= 0.3 is 0 Å². The lowest BCUT2D eigenvalue weighted by Gasteiger charge is -2.26. The summed E-state index contributed by atoms with van der Waals surface area (Å²) >= 11 is 0. The number of rotatable bonds is 7. The molecule has 1 atom stereocenters. The van der Waals surface area contributed by atoms with Gasteiger partial charge in [-0.05, 0) is 45.0 Å². The number of aromatic nitrogens is 2. The fraction of sp³-hybridized carbons (Fsp3) is 0.650. The smallest absolute Gasteiger partial charge is 0.232 e. The second-order valence-corrected chi connectivity index (χ2v) is 8.12. The number of hydrogen-bond acceptors (Lipinski definition) is 6. The molecule has 0 aliphatic carbocycles. The maximum absolute atomic E-state index is 5.69. The normalized spacial score (nSPS) is 17.1. The first kappa shape index (κ1) is 20.4. The van der Waals surface area contributed by atoms with E-state index in [9.17, 15) is 0 Å². The average molecular weight is 389 g/mol. The van der Waals surface area contributed by atoms with E-state index >= 15 is 0 Å². The van der Waals surface area contributed by atoms with Crippen molar-refractivity contribution >= 4 is 5.96 Å². The molecule has 2 aromatic heterocycles. The highest BCUT2D eigenvalue weighted by atomic mass is 16.5. The van der Waals surface area contributed by atoms with Crippen LogP contribution >= 0.6 is 0 Å². The molecule has 3 rings (SSSR count). The van der Waals surface area contributed by atoms with Gasteiger partial charge in [-0.2, -0.15) is 4.98 Å². The van der Waals surface area contributed by atoms with Gasteiger partial charge in [0.25, 0.3) is 0 Å². The van der Waals surface area contributed by atoms with Crippen molar-refractivity contribution in [1.82, 2.24) is 25.7 Å². The highest BCUT2D eigenvalue weighted by molar-refractivity contribution is 5.79. The highest BCUT2D eigenvalue weighted by Gasteiger charge is 2.26. The monoisotopic (exact) mass is 388 g/mol. The van der Waals surface area contributed by atoms with E-state index in [1.807, 2.05) is 39.8 Å². The Morgan fingerprint density at radius 1 is 1.29 bits per heavy atom. The van der Waals surface area contributed by atoms with E-state index in [0.29, 0.717) is 18.3 Å². The van der Waals surface area contributed by atoms with E-state index in [4.69, 9.17) is 8.94 Å². The molecule has 28 heavy (non-hydrogen) atoms. The van der Waals surface area contributed by atoms with Crippen molar-refractivity contribution in [3.8, 4) is 0 Å². The molecule has 0 spiro atoms. The molecule has 2 N–H and O–H groups in total. The van der Waals surface area contributed by atoms with Crippen LogP contribution in [0.4, 0.5) is 0 Å². The van der Waals surface area contributed by atoms with Crippen LogP contribution in [0.3, 0.4) is 0 Å². The van der Waals surface area contributed by atoms with Crippen LogP contribution in [0.5, 0.6) is 0 Å². The second-order valence-electron chi connectivity index (χ2n) is 8.12. The number of nitrogens with one attached hydrogen (secondary N) is 2. The Bertz CT molecular complexity index is 741. The minimum atomic E-state index is -0.163. The predicted octanol–water partition coefficient (Wildman–Crippen LogP) is 2.85. The topological polar surface area (TPSA) is 91.7 Å². The predicted molar refractivity (Wildman–Crippen MR) is 108 cm³/mol. The highest BCUT2D eigenvalue weighted by Crippen LogP contribution is 2.25. The molecule has 0 bridgehead atoms. The van der Waals surface area contributed by atoms with Gasteiger partial charge in [0, 0.05) is 18.5 Å². The van der Waals surface area contributed by atoms with E-state index in [2.05, 4.69) is 30.7 Å². The molecule has 8 nitrogen and oxygen atoms in total. The summed E-state index contributed by atoms with van der Waals surface area (Å²) in [4.78, 5) is 11.5. The van der Waals surface area contributed by atoms with Crippen LogP contribution in [0.15, 0.2) is 32.3 Å². The standard InChI is InChI=1S/C20H32N6O2/c1-5-21-19(23-14-17-24-18(28-25-17)20(2,3)4)22-13-15(16-9-8-12-27-16)26-10-6-7-11-26/h8-9,12,15H,5-7,10-11,13-14H2,1-4H3,(H2,21,22,23). The van der Waals surface area contributed by atoms with Crippen molar-refractivity contribution < 1.29 is 8.94 Å². The fourth-order valence-electron chi connectivity index (χ4n) is 3.25. The number of guanidine groups is 1. The molecule has 154 valence electrons. The Labute approximate surface area is 166 Å². The van der Waals surface area contributed by atoms with Gasteiger partial charge in [-0.25, -0.2) is 4.99 Å². The first-order valence-corrected chi connectivity index (χ1v) is 10.1. The summed E-state index contributed by atoms with van der Waals surface area (Å²) in [6, 6.07) is 4.18. The van der Waals surface area contributed by atoms with Crippen LogP contribution in [0.2, 0.25) is 0 Å². The van der Waals surface area contributed by atoms with Gasteiger partial charge in [0.2, 0.25) is 5.89 Å². The summed E-state index contributed by atoms with van der Waals surface area (Å²) in [5.41, 5.74) is -0.163. The third-order valence-corrected chi connectivity index (χ3v) is 4.75. The van der Waals surface area contributed by atoms with E-state index in [-0.39, 0.29) is 11.5 Å². The molecule has 2 aromatic rings. The van der Waals surface area contributed by atoms with Crippen LogP contribution in [-0.2, 0) is 12.0 Å². The quantitative estimate of drug-likeness (QED) is 0.556. The maximum Gasteiger partial charge on any atom is 0.232 e. The molecule has 8 heteroatoms. The molecule has 1 fully saturated rings. The summed E-state index contributed by atoms with van der Waals surface area (Å²) in [6.07, 6.45) is 4.21. The van der Waals surface area contributed by atoms with Crippen molar-refractivity contribution in [1.29, 1.82) is 0 Å². The van der Waals surface area contributed by atoms with Crippen LogP contribution < -0.4 is 10.6 Å². The lowest BCUT2D eigenvalue weighted by Crippen LogP contribution is -2.42. The SMILES string of the molecule is CCNC(=NCc1noc(C(C)(C)C)n1)NCC(c1ccco1)N1CCCC1. The van der Waals surface area contributed by atoms with Crippen molar-refractivity contribution in [3.63, 3.8) is 0 Å². The molecule has 1 aliphatic rings. The number of hydrogen-bond donors (Lipinski definition) is 2. The molecule has 1 saturated heterocycles. The molecule has 0 saturated carbocycles. The number of likely N-dealkylation sites (tertiary alicyclic amines) is 1. The van der Waals surface area contributed by atoms with Crippen molar-refractivity contribution in [3.05, 3.63) is 35.9 Å². The zero-order valence-corrected chi connectivity index (χ0v) is 17.4. The maximum atomic E-state index is 5.69. The van der Waals surface area contributed by atoms with Crippen LogP contribution in [0.25, 0.3) is 0 Å². The lowest BCUT2D eigenvalue weighted by molar-refractivity contribution is 0.215. The van der Waals surface area contributed by atoms with Crippen LogP contribution in [0, 0.1) is 0 Å². The van der Waals surface area contributed by atoms with Gasteiger partial charge in [-0.15, -0.1) is 0 Å². The Hall–Kier alpha value is -2.35. The molecule has 1 unspecified atom stereocenters. The first-order valence-electron chi connectivity index (χ1n) is 10.1. The average Bonchev–Trinajstić information content (AvgIpc) is 3.41. The lowest BCUT2D eigenvalue weighted by atomic mass is 9.97. The van der Waals surface area contributed by atoms with E-state index < -0.39 is 0 Å². The van der Waals surface area contributed by atoms with Crippen LogP contribution in [-0.4, -0.2) is 47.2 Å². The van der Waals surface area contributed by atoms with Crippen LogP contribution in [0.1, 0.15) is 64.1 Å².